The van der Waals surface area contributed by atoms with Crippen LogP contribution >= 0.6 is 0 Å². The zero-order valence-corrected chi connectivity index (χ0v) is 18.9. The Balaban J connectivity index is 1.75. The molecule has 0 aliphatic heterocycles. The van der Waals surface area contributed by atoms with E-state index < -0.39 is 0 Å². The molecule has 1 unspecified atom stereocenters. The van der Waals surface area contributed by atoms with Gasteiger partial charge in [-0.25, -0.2) is 0 Å². The molecule has 0 aliphatic rings. The van der Waals surface area contributed by atoms with E-state index in [1.807, 2.05) is 73.7 Å². The lowest BCUT2D eigenvalue weighted by molar-refractivity contribution is 0.179. The van der Waals surface area contributed by atoms with Crippen molar-refractivity contribution in [2.75, 3.05) is 20.6 Å². The van der Waals surface area contributed by atoms with E-state index in [-0.39, 0.29) is 11.5 Å². The molecule has 1 aromatic heterocycles. The molecule has 4 heteroatoms. The minimum atomic E-state index is -0.105. The second kappa shape index (κ2) is 9.84. The zero-order chi connectivity index (χ0) is 22.5. The first kappa shape index (κ1) is 21.8. The Morgan fingerprint density at radius 1 is 0.938 bits per heavy atom. The van der Waals surface area contributed by atoms with Crippen LogP contribution in [-0.4, -0.2) is 25.5 Å². The van der Waals surface area contributed by atoms with Crippen LogP contribution in [0.25, 0.3) is 22.1 Å². The molecule has 0 N–H and O–H groups in total. The monoisotopic (exact) mass is 427 g/mol. The summed E-state index contributed by atoms with van der Waals surface area (Å²) < 4.78 is 12.5. The summed E-state index contributed by atoms with van der Waals surface area (Å²) in [6.45, 7) is 2.90. The van der Waals surface area contributed by atoms with E-state index >= 15 is 0 Å². The average Bonchev–Trinajstić information content (AvgIpc) is 2.82. The van der Waals surface area contributed by atoms with Gasteiger partial charge in [0.25, 0.3) is 0 Å². The minimum Gasteiger partial charge on any atom is -0.486 e. The van der Waals surface area contributed by atoms with Gasteiger partial charge < -0.3 is 14.1 Å². The first-order valence-corrected chi connectivity index (χ1v) is 11.1. The van der Waals surface area contributed by atoms with Crippen molar-refractivity contribution in [1.82, 2.24) is 4.90 Å². The first-order chi connectivity index (χ1) is 15.6. The lowest BCUT2D eigenvalue weighted by Gasteiger charge is -2.22. The fourth-order valence-electron chi connectivity index (χ4n) is 3.94. The maximum absolute atomic E-state index is 13.5. The van der Waals surface area contributed by atoms with Gasteiger partial charge in [-0.15, -0.1) is 0 Å². The van der Waals surface area contributed by atoms with E-state index in [4.69, 9.17) is 9.15 Å². The lowest BCUT2D eigenvalue weighted by Crippen LogP contribution is -2.19. The highest BCUT2D eigenvalue weighted by molar-refractivity contribution is 5.84. The predicted octanol–water partition coefficient (Wildman–Crippen LogP) is 6.09. The predicted molar refractivity (Wildman–Crippen MR) is 130 cm³/mol. The number of rotatable bonds is 8. The molecule has 4 rings (SSSR count). The number of hydrogen-bond donors (Lipinski definition) is 0. The molecule has 0 bridgehead atoms. The molecule has 1 heterocycles. The van der Waals surface area contributed by atoms with E-state index in [1.54, 1.807) is 0 Å². The second-order valence-corrected chi connectivity index (χ2v) is 8.22. The summed E-state index contributed by atoms with van der Waals surface area (Å²) in [7, 11) is 4.11. The van der Waals surface area contributed by atoms with Crippen LogP contribution in [0, 0.1) is 0 Å². The van der Waals surface area contributed by atoms with Crippen LogP contribution in [0.4, 0.5) is 0 Å². The minimum absolute atomic E-state index is 0.0238. The van der Waals surface area contributed by atoms with Crippen molar-refractivity contribution < 1.29 is 9.15 Å². The fourth-order valence-corrected chi connectivity index (χ4v) is 3.94. The van der Waals surface area contributed by atoms with Crippen molar-refractivity contribution in [3.63, 3.8) is 0 Å². The highest BCUT2D eigenvalue weighted by Crippen LogP contribution is 2.30. The highest BCUT2D eigenvalue weighted by Gasteiger charge is 2.18. The van der Waals surface area contributed by atoms with Gasteiger partial charge in [0.1, 0.15) is 23.2 Å². The van der Waals surface area contributed by atoms with E-state index in [0.29, 0.717) is 34.5 Å². The lowest BCUT2D eigenvalue weighted by atomic mass is 10.0. The van der Waals surface area contributed by atoms with Crippen LogP contribution < -0.4 is 10.2 Å². The van der Waals surface area contributed by atoms with Gasteiger partial charge in [0.2, 0.25) is 5.43 Å². The summed E-state index contributed by atoms with van der Waals surface area (Å²) in [5.74, 6) is 1.37. The van der Waals surface area contributed by atoms with Crippen LogP contribution in [0.2, 0.25) is 0 Å². The van der Waals surface area contributed by atoms with Crippen LogP contribution in [0.5, 0.6) is 5.75 Å². The smallest absolute Gasteiger partial charge is 0.200 e. The van der Waals surface area contributed by atoms with Crippen molar-refractivity contribution in [3.8, 4) is 16.9 Å². The molecule has 0 saturated carbocycles. The van der Waals surface area contributed by atoms with Crippen LogP contribution in [0.3, 0.4) is 0 Å². The Labute approximate surface area is 189 Å². The standard InChI is InChI=1S/C28H29NO3/c1-4-24-27(21-13-9-6-10-14-21)28(30)23-19-22(15-16-26(23)32-24)31-25(17-18-29(2)3)20-11-7-5-8-12-20/h5-16,19,25H,4,17-18H2,1-3H3. The van der Waals surface area contributed by atoms with E-state index in [2.05, 4.69) is 31.1 Å². The number of aryl methyl sites for hydroxylation is 1. The van der Waals surface area contributed by atoms with Crippen LogP contribution in [-0.2, 0) is 6.42 Å². The van der Waals surface area contributed by atoms with Gasteiger partial charge >= 0.3 is 0 Å². The van der Waals surface area contributed by atoms with Crippen LogP contribution in [0.1, 0.15) is 30.8 Å². The summed E-state index contributed by atoms with van der Waals surface area (Å²) in [5.41, 5.74) is 3.19. The van der Waals surface area contributed by atoms with Crippen molar-refractivity contribution in [2.45, 2.75) is 25.9 Å². The van der Waals surface area contributed by atoms with Gasteiger partial charge in [0, 0.05) is 19.4 Å². The molecular weight excluding hydrogens is 398 g/mol. The number of ether oxygens (including phenoxy) is 1. The Hall–Kier alpha value is -3.37. The summed E-state index contributed by atoms with van der Waals surface area (Å²) in [6, 6.07) is 25.5. The van der Waals surface area contributed by atoms with Crippen molar-refractivity contribution >= 4 is 11.0 Å². The molecule has 3 aromatic carbocycles. The van der Waals surface area contributed by atoms with Gasteiger partial charge in [0.05, 0.1) is 10.9 Å². The third-order valence-electron chi connectivity index (χ3n) is 5.61. The largest absolute Gasteiger partial charge is 0.486 e. The summed E-state index contributed by atoms with van der Waals surface area (Å²) in [6.07, 6.45) is 1.38. The molecular formula is C28H29NO3. The Morgan fingerprint density at radius 2 is 1.62 bits per heavy atom. The molecule has 0 aliphatic carbocycles. The number of nitrogens with zero attached hydrogens (tertiary/aromatic N) is 1. The van der Waals surface area contributed by atoms with Crippen molar-refractivity contribution in [1.29, 1.82) is 0 Å². The maximum atomic E-state index is 13.5. The molecule has 0 spiro atoms. The summed E-state index contributed by atoms with van der Waals surface area (Å²) in [4.78, 5) is 15.7. The van der Waals surface area contributed by atoms with Gasteiger partial charge in [-0.1, -0.05) is 67.6 Å². The Bertz CT molecular complexity index is 1230. The van der Waals surface area contributed by atoms with Crippen LogP contribution in [0.15, 0.2) is 88.1 Å². The van der Waals surface area contributed by atoms with E-state index in [1.165, 1.54) is 0 Å². The SMILES string of the molecule is CCc1oc2ccc(OC(CCN(C)C)c3ccccc3)cc2c(=O)c1-c1ccccc1. The van der Waals surface area contributed by atoms with Gasteiger partial charge in [-0.2, -0.15) is 0 Å². The van der Waals surface area contributed by atoms with Gasteiger partial charge in [-0.05, 0) is 43.4 Å². The summed E-state index contributed by atoms with van der Waals surface area (Å²) >= 11 is 0. The molecule has 1 atom stereocenters. The second-order valence-electron chi connectivity index (χ2n) is 8.22. The first-order valence-electron chi connectivity index (χ1n) is 11.1. The van der Waals surface area contributed by atoms with E-state index in [0.717, 1.165) is 24.1 Å². The van der Waals surface area contributed by atoms with Crippen molar-refractivity contribution in [3.05, 3.63) is 100 Å². The number of hydrogen-bond acceptors (Lipinski definition) is 4. The highest BCUT2D eigenvalue weighted by atomic mass is 16.5. The third-order valence-corrected chi connectivity index (χ3v) is 5.61. The maximum Gasteiger partial charge on any atom is 0.200 e. The van der Waals surface area contributed by atoms with Gasteiger partial charge in [-0.3, -0.25) is 4.79 Å². The number of benzene rings is 3. The van der Waals surface area contributed by atoms with Crippen molar-refractivity contribution in [2.24, 2.45) is 0 Å². The quantitative estimate of drug-likeness (QED) is 0.341. The van der Waals surface area contributed by atoms with Gasteiger partial charge in [0.15, 0.2) is 0 Å². The molecule has 0 radical (unpaired) electrons. The Morgan fingerprint density at radius 3 is 2.28 bits per heavy atom. The summed E-state index contributed by atoms with van der Waals surface area (Å²) in [5, 5.41) is 0.540. The molecule has 32 heavy (non-hydrogen) atoms. The van der Waals surface area contributed by atoms with E-state index in [9.17, 15) is 4.79 Å². The average molecular weight is 428 g/mol. The number of fused-ring (bicyclic) bond motifs is 1. The molecule has 164 valence electrons. The third kappa shape index (κ3) is 4.76. The Kier molecular flexibility index (Phi) is 6.72. The normalized spacial score (nSPS) is 12.2. The molecule has 4 aromatic rings. The zero-order valence-electron chi connectivity index (χ0n) is 18.9. The fraction of sp³-hybridized carbons (Fsp3) is 0.250. The molecule has 0 amide bonds. The topological polar surface area (TPSA) is 42.7 Å². The molecule has 4 nitrogen and oxygen atoms in total. The molecule has 0 saturated heterocycles. The molecule has 0 fully saturated rings.